The summed E-state index contributed by atoms with van der Waals surface area (Å²) >= 11 is 0. The van der Waals surface area contributed by atoms with Crippen molar-refractivity contribution >= 4 is 78.6 Å². The first-order valence-electron chi connectivity index (χ1n) is 37.1. The van der Waals surface area contributed by atoms with Crippen LogP contribution in [0.3, 0.4) is 0 Å². The summed E-state index contributed by atoms with van der Waals surface area (Å²) in [5.74, 6) is -0.446. The van der Waals surface area contributed by atoms with Gasteiger partial charge in [-0.25, -0.2) is 9.97 Å². The number of aromatic nitrogens is 9. The number of nitrogens with zero attached hydrogens (tertiary/aromatic N) is 13. The lowest BCUT2D eigenvalue weighted by Crippen LogP contribution is -2.44. The Labute approximate surface area is 608 Å². The molecule has 13 heterocycles. The third-order valence-electron chi connectivity index (χ3n) is 22.5. The molecule has 0 saturated carbocycles. The van der Waals surface area contributed by atoms with Crippen molar-refractivity contribution in [1.29, 1.82) is 0 Å². The molecule has 17 rings (SSSR count). The number of fused-ring (bicyclic) bond motifs is 12. The molecule has 0 amide bonds. The van der Waals surface area contributed by atoms with Crippen molar-refractivity contribution in [2.24, 2.45) is 0 Å². The van der Waals surface area contributed by atoms with E-state index in [9.17, 15) is 4.39 Å². The highest BCUT2D eigenvalue weighted by atomic mass is 19.1. The Morgan fingerprint density at radius 2 is 1.13 bits per heavy atom. The van der Waals surface area contributed by atoms with E-state index >= 15 is 0 Å². The van der Waals surface area contributed by atoms with Crippen molar-refractivity contribution in [1.82, 2.24) is 62.8 Å². The van der Waals surface area contributed by atoms with E-state index in [1.807, 2.05) is 31.7 Å². The van der Waals surface area contributed by atoms with Crippen molar-refractivity contribution < 1.29 is 4.39 Å². The number of pyridine rings is 5. The number of allylic oxidation sites excluding steroid dienone is 4. The third-order valence-corrected chi connectivity index (χ3v) is 22.5. The fraction of sp³-hybridized carbons (Fsp3) is 0.360. The lowest BCUT2D eigenvalue weighted by atomic mass is 9.82. The van der Waals surface area contributed by atoms with Crippen LogP contribution in [-0.2, 0) is 62.8 Å². The van der Waals surface area contributed by atoms with E-state index in [2.05, 4.69) is 277 Å². The summed E-state index contributed by atoms with van der Waals surface area (Å²) in [4.78, 5) is 31.4. The van der Waals surface area contributed by atoms with E-state index < -0.39 is 5.95 Å². The van der Waals surface area contributed by atoms with E-state index in [0.29, 0.717) is 0 Å². The number of likely N-dealkylation sites (N-methyl/N-ethyl adjacent to an activating group) is 4. The molecule has 0 atom stereocenters. The minimum absolute atomic E-state index is 0.0310. The summed E-state index contributed by atoms with van der Waals surface area (Å²) in [7, 11) is 8.86. The molecule has 13 nitrogen and oxygen atoms in total. The van der Waals surface area contributed by atoms with Crippen LogP contribution in [0.1, 0.15) is 156 Å². The summed E-state index contributed by atoms with van der Waals surface area (Å²) < 4.78 is 22.9. The van der Waals surface area contributed by atoms with Crippen LogP contribution in [0.4, 0.5) is 4.39 Å². The Morgan fingerprint density at radius 1 is 0.524 bits per heavy atom. The van der Waals surface area contributed by atoms with Gasteiger partial charge in [0.15, 0.2) is 0 Å². The maximum absolute atomic E-state index is 13.1. The van der Waals surface area contributed by atoms with Gasteiger partial charge in [-0.15, -0.1) is 0 Å². The van der Waals surface area contributed by atoms with Crippen molar-refractivity contribution in [2.75, 3.05) is 54.4 Å². The predicted octanol–water partition coefficient (Wildman–Crippen LogP) is 18.5. The van der Waals surface area contributed by atoms with Crippen LogP contribution >= 0.6 is 0 Å². The normalized spacial score (nSPS) is 17.0. The van der Waals surface area contributed by atoms with Gasteiger partial charge in [-0.2, -0.15) is 4.39 Å². The molecule has 9 aromatic heterocycles. The van der Waals surface area contributed by atoms with Crippen LogP contribution in [-0.4, -0.2) is 117 Å². The Hall–Kier alpha value is -9.44. The summed E-state index contributed by atoms with van der Waals surface area (Å²) in [6.45, 7) is 32.6. The van der Waals surface area contributed by atoms with E-state index in [-0.39, 0.29) is 11.0 Å². The molecular formula is C89H102FN13. The Balaban J connectivity index is 0.000000116. The quantitative estimate of drug-likeness (QED) is 0.131. The zero-order valence-corrected chi connectivity index (χ0v) is 63.4. The van der Waals surface area contributed by atoms with Crippen molar-refractivity contribution in [2.45, 2.75) is 158 Å². The van der Waals surface area contributed by atoms with Gasteiger partial charge in [-0.05, 0) is 257 Å². The van der Waals surface area contributed by atoms with Gasteiger partial charge in [0.2, 0.25) is 5.95 Å². The first kappa shape index (κ1) is 70.6. The minimum Gasteiger partial charge on any atom is -0.328 e. The van der Waals surface area contributed by atoms with Crippen LogP contribution < -0.4 is 0 Å². The van der Waals surface area contributed by atoms with Crippen LogP contribution in [0.5, 0.6) is 0 Å². The molecule has 3 aromatic carbocycles. The second-order valence-electron chi connectivity index (χ2n) is 31.2. The lowest BCUT2D eigenvalue weighted by Gasteiger charge is -2.40. The molecule has 0 radical (unpaired) electrons. The van der Waals surface area contributed by atoms with Gasteiger partial charge in [0.05, 0.1) is 16.6 Å². The smallest absolute Gasteiger partial charge is 0.212 e. The zero-order chi connectivity index (χ0) is 72.2. The van der Waals surface area contributed by atoms with Crippen molar-refractivity contribution in [3.63, 3.8) is 0 Å². The molecule has 0 N–H and O–H groups in total. The summed E-state index contributed by atoms with van der Waals surface area (Å²) in [6, 6.07) is 40.8. The SMILES string of the molecule is C/C(=C\n1c2c(c3cc(C)ccc31)C(C)(C)N(C)CC2)c1ccncc1.C/C(=C\n1c2c(c3cc(C)ccc31)CN(C)CC2)c1ccc(F)nc1.Cc1ccc(CCn2c3c(c4cccnc42)CN(C)CC3(C)C)cn1.Cc1ccc2c(c1)c1c(n2C2=C(c3ccc(C)nc3)CCC2)CCN(C)C1. The molecule has 0 saturated heterocycles. The van der Waals surface area contributed by atoms with E-state index in [4.69, 9.17) is 4.98 Å². The first-order chi connectivity index (χ1) is 49.5. The van der Waals surface area contributed by atoms with Crippen LogP contribution in [0.25, 0.3) is 78.6 Å². The maximum atomic E-state index is 13.1. The Bertz CT molecular complexity index is 5230. The van der Waals surface area contributed by atoms with E-state index in [1.54, 1.807) is 12.3 Å². The average molecular weight is 1370 g/mol. The molecule has 0 unspecified atom stereocenters. The molecule has 1 aliphatic carbocycles. The lowest BCUT2D eigenvalue weighted by molar-refractivity contribution is 0.144. The van der Waals surface area contributed by atoms with Crippen LogP contribution in [0.2, 0.25) is 0 Å². The van der Waals surface area contributed by atoms with E-state index in [0.717, 1.165) is 119 Å². The maximum Gasteiger partial charge on any atom is 0.212 e. The molecule has 0 bridgehead atoms. The van der Waals surface area contributed by atoms with Crippen molar-refractivity contribution in [3.8, 4) is 0 Å². The van der Waals surface area contributed by atoms with Gasteiger partial charge in [-0.3, -0.25) is 19.9 Å². The highest BCUT2D eigenvalue weighted by molar-refractivity contribution is 5.96. The number of benzene rings is 3. The van der Waals surface area contributed by atoms with E-state index in [1.165, 1.54) is 146 Å². The molecule has 4 aliphatic heterocycles. The number of hydrogen-bond donors (Lipinski definition) is 0. The molecule has 0 fully saturated rings. The summed E-state index contributed by atoms with van der Waals surface area (Å²) in [5, 5.41) is 5.47. The van der Waals surface area contributed by atoms with Gasteiger partial charge in [0, 0.05) is 199 Å². The third kappa shape index (κ3) is 14.2. The average Bonchev–Trinajstić information content (AvgIpc) is 1.60. The molecule has 14 heteroatoms. The number of aryl methyl sites for hydroxylation is 7. The van der Waals surface area contributed by atoms with Gasteiger partial charge < -0.3 is 33.0 Å². The summed E-state index contributed by atoms with van der Waals surface area (Å²) in [5.41, 5.74) is 33.0. The monoisotopic (exact) mass is 1370 g/mol. The van der Waals surface area contributed by atoms with Crippen LogP contribution in [0.15, 0.2) is 152 Å². The zero-order valence-electron chi connectivity index (χ0n) is 63.4. The molecule has 0 spiro atoms. The van der Waals surface area contributed by atoms with Crippen molar-refractivity contribution in [3.05, 3.63) is 254 Å². The molecule has 103 heavy (non-hydrogen) atoms. The van der Waals surface area contributed by atoms with Gasteiger partial charge in [-0.1, -0.05) is 60.9 Å². The van der Waals surface area contributed by atoms with Gasteiger partial charge >= 0.3 is 0 Å². The number of hydrogen-bond acceptors (Lipinski definition) is 9. The largest absolute Gasteiger partial charge is 0.328 e. The molecule has 12 aromatic rings. The molecule has 530 valence electrons. The van der Waals surface area contributed by atoms with Crippen LogP contribution in [0, 0.1) is 40.6 Å². The topological polar surface area (TPSA) is 97.1 Å². The van der Waals surface area contributed by atoms with Gasteiger partial charge in [0.25, 0.3) is 0 Å². The fourth-order valence-corrected chi connectivity index (χ4v) is 17.1. The molecular weight excluding hydrogens is 1270 g/mol. The second-order valence-corrected chi connectivity index (χ2v) is 31.2. The molecule has 5 aliphatic rings. The first-order valence-corrected chi connectivity index (χ1v) is 37.1. The standard InChI is InChI=1S/C24H27N3.C23H27N3.C21H22FN3.C21H26N4/c1-16-7-10-23-20(13-16)21-15-26(3)12-11-24(21)27(23)22-6-4-5-19(22)18-9-8-17(2)25-14-18;1-16-6-7-20-19(14-16)22-21(10-13-25(5)23(22,3)4)26(20)15-17(2)18-8-11-24-12-9-18;1-14-4-6-19-17(10-14)18-13-24(3)9-8-20(18)25(19)12-15(2)16-5-7-21(22)23-11-16;1-15-7-8-16(12-23-15)9-11-25-19-18(13-24(4)14-21(19,2)3)17-6-5-10-22-20(17)25/h7-10,13-14H,4-6,11-12,15H2,1-3H3;6-9,11-12,14-15H,10,13H2,1-5H3;4-7,10-12H,8-9,13H2,1-3H3;5-8,10,12H,9,11,13-14H2,1-4H3/b;17-15+;15-12+;. The summed E-state index contributed by atoms with van der Waals surface area (Å²) in [6.07, 6.45) is 23.5. The fourth-order valence-electron chi connectivity index (χ4n) is 17.1. The number of rotatable bonds is 9. The number of halogens is 1. The van der Waals surface area contributed by atoms with Gasteiger partial charge in [0.1, 0.15) is 5.65 Å². The highest BCUT2D eigenvalue weighted by Crippen LogP contribution is 2.45. The Kier molecular flexibility index (Phi) is 19.9. The second kappa shape index (κ2) is 29.0. The highest BCUT2D eigenvalue weighted by Gasteiger charge is 2.38. The predicted molar refractivity (Wildman–Crippen MR) is 425 cm³/mol. The minimum atomic E-state index is -0.446. The Morgan fingerprint density at radius 3 is 1.79 bits per heavy atom.